The molecule has 2 aliphatic rings. The largest absolute Gasteiger partial charge is 0.454 e. The van der Waals surface area contributed by atoms with E-state index in [4.69, 9.17) is 8.83 Å². The summed E-state index contributed by atoms with van der Waals surface area (Å²) in [6.45, 7) is 4.30. The summed E-state index contributed by atoms with van der Waals surface area (Å²) >= 11 is 0. The lowest BCUT2D eigenvalue weighted by Gasteiger charge is -2.32. The fourth-order valence-electron chi connectivity index (χ4n) is 13.9. The van der Waals surface area contributed by atoms with E-state index < -0.39 is 5.41 Å². The van der Waals surface area contributed by atoms with Crippen LogP contribution in [0.2, 0.25) is 0 Å². The third kappa shape index (κ3) is 6.14. The molecule has 0 amide bonds. The average Bonchev–Trinajstić information content (AvgIpc) is 3.71. The fourth-order valence-corrected chi connectivity index (χ4v) is 13.9. The first-order valence-corrected chi connectivity index (χ1v) is 27.3. The molecule has 4 nitrogen and oxygen atoms in total. The van der Waals surface area contributed by atoms with Gasteiger partial charge >= 0.3 is 0 Å². The van der Waals surface area contributed by atoms with Crippen LogP contribution in [0, 0.1) is 13.8 Å². The Morgan fingerprint density at radius 2 is 0.785 bits per heavy atom. The maximum absolute atomic E-state index is 6.80. The van der Waals surface area contributed by atoms with Crippen LogP contribution in [0.15, 0.2) is 264 Å². The maximum Gasteiger partial charge on any atom is 0.159 e. The summed E-state index contributed by atoms with van der Waals surface area (Å²) < 4.78 is 13.6. The van der Waals surface area contributed by atoms with E-state index in [0.717, 1.165) is 78.0 Å². The van der Waals surface area contributed by atoms with Crippen molar-refractivity contribution >= 4 is 110 Å². The first kappa shape index (κ1) is 44.0. The molecular formula is C75H48N2O2. The molecule has 0 radical (unpaired) electrons. The molecule has 79 heavy (non-hydrogen) atoms. The molecule has 1 spiro atoms. The van der Waals surface area contributed by atoms with Gasteiger partial charge in [-0.2, -0.15) is 0 Å². The molecule has 0 N–H and O–H groups in total. The molecule has 370 valence electrons. The van der Waals surface area contributed by atoms with Crippen molar-refractivity contribution in [3.05, 3.63) is 288 Å². The molecule has 15 aromatic rings. The van der Waals surface area contributed by atoms with Crippen LogP contribution in [0.4, 0.5) is 34.1 Å². The Balaban J connectivity index is 0.936. The van der Waals surface area contributed by atoms with Crippen LogP contribution in [0.5, 0.6) is 0 Å². The highest BCUT2D eigenvalue weighted by atomic mass is 16.3. The summed E-state index contributed by atoms with van der Waals surface area (Å²) in [4.78, 5) is 4.75. The quantitative estimate of drug-likeness (QED) is 0.155. The molecule has 2 aliphatic carbocycles. The van der Waals surface area contributed by atoms with Crippen LogP contribution in [0.25, 0.3) is 98.4 Å². The van der Waals surface area contributed by atoms with Crippen LogP contribution in [-0.4, -0.2) is 0 Å². The van der Waals surface area contributed by atoms with Crippen LogP contribution < -0.4 is 9.80 Å². The number of fused-ring (bicyclic) bond motifs is 22. The number of benzene rings is 13. The third-order valence-corrected chi connectivity index (χ3v) is 17.3. The van der Waals surface area contributed by atoms with E-state index in [1.54, 1.807) is 0 Å². The minimum absolute atomic E-state index is 0.640. The van der Waals surface area contributed by atoms with Gasteiger partial charge in [0, 0.05) is 44.3 Å². The van der Waals surface area contributed by atoms with Crippen LogP contribution in [0.1, 0.15) is 33.4 Å². The van der Waals surface area contributed by atoms with Crippen molar-refractivity contribution in [2.75, 3.05) is 9.80 Å². The molecule has 0 saturated carbocycles. The summed E-state index contributed by atoms with van der Waals surface area (Å²) in [5.41, 5.74) is 21.8. The van der Waals surface area contributed by atoms with Crippen molar-refractivity contribution in [3.63, 3.8) is 0 Å². The fraction of sp³-hybridized carbons (Fsp3) is 0.0400. The van der Waals surface area contributed by atoms with E-state index in [1.807, 2.05) is 12.1 Å². The predicted octanol–water partition coefficient (Wildman–Crippen LogP) is 20.8. The highest BCUT2D eigenvalue weighted by molar-refractivity contribution is 6.22. The van der Waals surface area contributed by atoms with Crippen molar-refractivity contribution in [1.29, 1.82) is 0 Å². The molecule has 17 rings (SSSR count). The van der Waals surface area contributed by atoms with E-state index in [0.29, 0.717) is 0 Å². The van der Waals surface area contributed by atoms with Gasteiger partial charge in [0.1, 0.15) is 11.2 Å². The predicted molar refractivity (Wildman–Crippen MR) is 329 cm³/mol. The minimum atomic E-state index is -0.640. The van der Waals surface area contributed by atoms with Gasteiger partial charge in [0.15, 0.2) is 11.2 Å². The van der Waals surface area contributed by atoms with Gasteiger partial charge in [-0.05, 0) is 176 Å². The molecule has 2 heterocycles. The number of aryl methyl sites for hydroxylation is 2. The monoisotopic (exact) mass is 1010 g/mol. The molecule has 0 saturated heterocycles. The Morgan fingerprint density at radius 3 is 1.38 bits per heavy atom. The van der Waals surface area contributed by atoms with Gasteiger partial charge in [-0.3, -0.25) is 0 Å². The zero-order valence-electron chi connectivity index (χ0n) is 43.5. The third-order valence-electron chi connectivity index (χ3n) is 17.3. The number of nitrogens with zero attached hydrogens (tertiary/aromatic N) is 2. The molecule has 0 aliphatic heterocycles. The number of anilines is 6. The molecule has 13 aromatic carbocycles. The Hall–Kier alpha value is -10.2. The summed E-state index contributed by atoms with van der Waals surface area (Å²) in [6, 6.07) is 94.1. The van der Waals surface area contributed by atoms with Gasteiger partial charge in [0.05, 0.1) is 16.8 Å². The Kier molecular flexibility index (Phi) is 9.15. The van der Waals surface area contributed by atoms with E-state index in [9.17, 15) is 0 Å². The zero-order chi connectivity index (χ0) is 52.1. The molecule has 0 atom stereocenters. The van der Waals surface area contributed by atoms with E-state index in [2.05, 4.69) is 266 Å². The SMILES string of the molecule is Cc1ccc(N(c2ccc3cc4c(cc3c2)C2(c3ccccc3-c3ccccc32)c2c-4c3ccccc3c3cc(N(c4ccc(C)cc4)c4cccc5c4oc4ccccc45)ccc23)c2cccc3c2oc2ccccc23)cc1. The van der Waals surface area contributed by atoms with E-state index in [-0.39, 0.29) is 0 Å². The van der Waals surface area contributed by atoms with Crippen molar-refractivity contribution in [2.24, 2.45) is 0 Å². The number of hydrogen-bond acceptors (Lipinski definition) is 4. The summed E-state index contributed by atoms with van der Waals surface area (Å²) in [7, 11) is 0. The van der Waals surface area contributed by atoms with Crippen LogP contribution >= 0.6 is 0 Å². The second-order valence-corrected chi connectivity index (χ2v) is 21.6. The van der Waals surface area contributed by atoms with Crippen LogP contribution in [-0.2, 0) is 5.41 Å². The highest BCUT2D eigenvalue weighted by Crippen LogP contribution is 2.66. The highest BCUT2D eigenvalue weighted by Gasteiger charge is 2.53. The smallest absolute Gasteiger partial charge is 0.159 e. The van der Waals surface area contributed by atoms with Gasteiger partial charge in [-0.1, -0.05) is 181 Å². The maximum atomic E-state index is 6.80. The van der Waals surface area contributed by atoms with E-state index >= 15 is 0 Å². The first-order chi connectivity index (χ1) is 39.0. The van der Waals surface area contributed by atoms with E-state index in [1.165, 1.54) is 88.0 Å². The lowest BCUT2D eigenvalue weighted by Crippen LogP contribution is -2.26. The summed E-state index contributed by atoms with van der Waals surface area (Å²) in [6.07, 6.45) is 0. The topological polar surface area (TPSA) is 32.8 Å². The lowest BCUT2D eigenvalue weighted by molar-refractivity contribution is 0.668. The van der Waals surface area contributed by atoms with Gasteiger partial charge in [-0.25, -0.2) is 0 Å². The molecule has 0 unspecified atom stereocenters. The molecule has 0 bridgehead atoms. The normalized spacial score (nSPS) is 13.0. The Bertz CT molecular complexity index is 5010. The van der Waals surface area contributed by atoms with Crippen molar-refractivity contribution in [1.82, 2.24) is 0 Å². The van der Waals surface area contributed by atoms with Gasteiger partial charge in [-0.15, -0.1) is 0 Å². The van der Waals surface area contributed by atoms with Gasteiger partial charge in [0.2, 0.25) is 0 Å². The number of rotatable bonds is 6. The Morgan fingerprint density at radius 1 is 0.304 bits per heavy atom. The molecule has 0 fully saturated rings. The summed E-state index contributed by atoms with van der Waals surface area (Å²) in [5, 5.41) is 11.7. The first-order valence-electron chi connectivity index (χ1n) is 27.3. The van der Waals surface area contributed by atoms with Crippen molar-refractivity contribution in [3.8, 4) is 22.3 Å². The standard InChI is InChI=1S/C75H48N2O2/c1-45-29-34-49(35-30-45)76(67-25-13-21-60-56-18-7-11-27-69(56)78-73(60)67)51-38-33-47-42-63-66(43-48(47)41-51)75(64-23-9-5-16-54(64)55-17-6-10-24-65(55)75)72-59-40-39-52(44-62(59)53-15-3-4-20-58(53)71(63)72)77(50-36-31-46(2)32-37-50)68-26-14-22-61-57-19-8-12-28-70(57)79-74(61)68/h3-44H,1-2H3. The van der Waals surface area contributed by atoms with Crippen molar-refractivity contribution in [2.45, 2.75) is 19.3 Å². The minimum Gasteiger partial charge on any atom is -0.454 e. The number of furan rings is 2. The molecule has 4 heteroatoms. The lowest BCUT2D eigenvalue weighted by atomic mass is 9.69. The van der Waals surface area contributed by atoms with Crippen molar-refractivity contribution < 1.29 is 8.83 Å². The second kappa shape index (κ2) is 16.4. The van der Waals surface area contributed by atoms with Gasteiger partial charge < -0.3 is 18.6 Å². The summed E-state index contributed by atoms with van der Waals surface area (Å²) in [5.74, 6) is 0. The average molecular weight is 1010 g/mol. The Labute approximate surface area is 456 Å². The second-order valence-electron chi connectivity index (χ2n) is 21.6. The molecular weight excluding hydrogens is 961 g/mol. The van der Waals surface area contributed by atoms with Gasteiger partial charge in [0.25, 0.3) is 0 Å². The number of hydrogen-bond donors (Lipinski definition) is 0. The zero-order valence-corrected chi connectivity index (χ0v) is 43.5. The number of para-hydroxylation sites is 4. The molecule has 2 aromatic heterocycles. The van der Waals surface area contributed by atoms with Crippen LogP contribution in [0.3, 0.4) is 0 Å².